The summed E-state index contributed by atoms with van der Waals surface area (Å²) in [7, 11) is 3.52. The monoisotopic (exact) mass is 784 g/mol. The van der Waals surface area contributed by atoms with Crippen molar-refractivity contribution in [1.29, 1.82) is 0 Å². The summed E-state index contributed by atoms with van der Waals surface area (Å²) >= 11 is 1.43. The number of nitrogens with zero attached hydrogens (tertiary/aromatic N) is 1. The van der Waals surface area contributed by atoms with Crippen LogP contribution in [0.2, 0.25) is 0 Å². The van der Waals surface area contributed by atoms with Crippen molar-refractivity contribution < 1.29 is 44.0 Å². The number of hydrogen-bond donors (Lipinski definition) is 8. The Labute approximate surface area is 326 Å². The molecule has 5 rings (SSSR count). The van der Waals surface area contributed by atoms with Crippen LogP contribution < -0.4 is 26.6 Å². The van der Waals surface area contributed by atoms with Crippen LogP contribution in [0.5, 0.6) is 0 Å². The molecule has 16 heteroatoms. The summed E-state index contributed by atoms with van der Waals surface area (Å²) in [5, 5.41) is 42.3. The summed E-state index contributed by atoms with van der Waals surface area (Å²) in [4.78, 5) is 68.4. The molecule has 1 aliphatic heterocycles. The highest BCUT2D eigenvalue weighted by Crippen LogP contribution is 2.57. The zero-order valence-electron chi connectivity index (χ0n) is 31.7. The summed E-state index contributed by atoms with van der Waals surface area (Å²) in [5.41, 5.74) is 4.19. The largest absolute Gasteiger partial charge is 0.480 e. The number of carbonyl (C=O) groups is 5. The molecule has 55 heavy (non-hydrogen) atoms. The van der Waals surface area contributed by atoms with Gasteiger partial charge in [-0.2, -0.15) is 0 Å². The van der Waals surface area contributed by atoms with Gasteiger partial charge < -0.3 is 41.3 Å². The molecular weight excluding hydrogens is 729 g/mol. The summed E-state index contributed by atoms with van der Waals surface area (Å²) in [5.74, 6) is -4.35. The number of ether oxygens (including phenoxy) is 1. The number of aromatic nitrogens is 1. The maximum absolute atomic E-state index is 14.2. The minimum atomic E-state index is -2.20. The first-order valence-corrected chi connectivity index (χ1v) is 20.5. The molecule has 0 aromatic carbocycles. The van der Waals surface area contributed by atoms with E-state index in [1.165, 1.54) is 17.3 Å². The Morgan fingerprint density at radius 3 is 2.33 bits per heavy atom. The second-order valence-corrected chi connectivity index (χ2v) is 16.3. The van der Waals surface area contributed by atoms with E-state index in [-0.39, 0.29) is 47.8 Å². The number of aliphatic carboxylic acids is 2. The van der Waals surface area contributed by atoms with E-state index >= 15 is 0 Å². The van der Waals surface area contributed by atoms with Crippen LogP contribution in [0.25, 0.3) is 0 Å². The third kappa shape index (κ3) is 10.5. The Bertz CT molecular complexity index is 1620. The number of carboxylic acids is 2. The predicted octanol–water partition coefficient (Wildman–Crippen LogP) is 2.22. The van der Waals surface area contributed by atoms with Crippen LogP contribution in [0.4, 0.5) is 0 Å². The molecule has 302 valence electrons. The van der Waals surface area contributed by atoms with Gasteiger partial charge in [0.25, 0.3) is 0 Å². The summed E-state index contributed by atoms with van der Waals surface area (Å²) in [6, 6.07) is 1.71. The number of carboxylic acid groups (broad SMARTS) is 2. The molecular formula is C39H56N6O9S. The van der Waals surface area contributed by atoms with Crippen LogP contribution in [0.3, 0.4) is 0 Å². The molecule has 0 bridgehead atoms. The first-order valence-electron chi connectivity index (χ1n) is 19.4. The number of pyridine rings is 1. The van der Waals surface area contributed by atoms with Crippen molar-refractivity contribution in [2.24, 2.45) is 17.3 Å². The van der Waals surface area contributed by atoms with Gasteiger partial charge in [-0.1, -0.05) is 37.7 Å². The van der Waals surface area contributed by atoms with Gasteiger partial charge in [-0.05, 0) is 99.2 Å². The molecule has 6 atom stereocenters. The van der Waals surface area contributed by atoms with Crippen LogP contribution in [0, 0.1) is 17.3 Å². The number of amides is 2. The minimum absolute atomic E-state index is 0.00708. The fourth-order valence-electron chi connectivity index (χ4n) is 8.87. The van der Waals surface area contributed by atoms with E-state index in [9.17, 15) is 39.3 Å². The molecule has 1 fully saturated rings. The lowest BCUT2D eigenvalue weighted by Gasteiger charge is -2.40. The fraction of sp³-hybridized carbons (Fsp3) is 0.641. The second kappa shape index (κ2) is 19.9. The highest BCUT2D eigenvalue weighted by molar-refractivity contribution is 8.00. The zero-order chi connectivity index (χ0) is 39.5. The third-order valence-corrected chi connectivity index (χ3v) is 13.1. The Balaban J connectivity index is 1.49. The smallest absolute Gasteiger partial charge is 0.353 e. The van der Waals surface area contributed by atoms with Gasteiger partial charge in [0.1, 0.15) is 23.8 Å². The van der Waals surface area contributed by atoms with E-state index in [4.69, 9.17) is 4.74 Å². The van der Waals surface area contributed by atoms with E-state index < -0.39 is 48.0 Å². The maximum Gasteiger partial charge on any atom is 0.353 e. The topological polar surface area (TPSA) is 228 Å². The standard InChI is InChI=1S/C39H56N6O9S/c1-40-20-26-25(18-23-11-16-42-17-12-23)19-24-8-4-3-5-13-39(14-6-7-15-39)33(32-30(24)31(26)38(53)54-32)55-21-28(34(47)45-35(48)37(51)52)44-29(46)10-9-27(36(49)50)43-22-41-2/h11-12,16-17,24,27-28,31,33,35,40-41,43,48H,3-10,13-15,18-22H2,1-2H3,(H,44,46)(H,45,47)(H,49,50)(H,51,52)/t24-,27+,28+,31-,33+,35+/m1/s1. The quantitative estimate of drug-likeness (QED) is 0.0607. The first-order chi connectivity index (χ1) is 26.5. The van der Waals surface area contributed by atoms with E-state index in [2.05, 4.69) is 31.6 Å². The van der Waals surface area contributed by atoms with Gasteiger partial charge in [-0.15, -0.1) is 11.8 Å². The Morgan fingerprint density at radius 2 is 1.67 bits per heavy atom. The van der Waals surface area contributed by atoms with Crippen molar-refractivity contribution in [1.82, 2.24) is 31.6 Å². The lowest BCUT2D eigenvalue weighted by Crippen LogP contribution is -2.53. The van der Waals surface area contributed by atoms with Crippen molar-refractivity contribution in [2.45, 2.75) is 107 Å². The normalized spacial score (nSPS) is 23.8. The van der Waals surface area contributed by atoms with Crippen molar-refractivity contribution in [3.63, 3.8) is 0 Å². The molecule has 0 saturated heterocycles. The van der Waals surface area contributed by atoms with Crippen LogP contribution in [-0.2, 0) is 35.1 Å². The van der Waals surface area contributed by atoms with Gasteiger partial charge in [0, 0.05) is 37.8 Å². The van der Waals surface area contributed by atoms with Gasteiger partial charge in [0.15, 0.2) is 0 Å². The molecule has 1 spiro atoms. The molecule has 1 aromatic heterocycles. The second-order valence-electron chi connectivity index (χ2n) is 15.2. The van der Waals surface area contributed by atoms with Gasteiger partial charge >= 0.3 is 17.9 Å². The van der Waals surface area contributed by atoms with Gasteiger partial charge in [0.05, 0.1) is 5.25 Å². The maximum atomic E-state index is 14.2. The number of esters is 1. The molecule has 1 aromatic rings. The van der Waals surface area contributed by atoms with Crippen LogP contribution in [-0.4, -0.2) is 107 Å². The van der Waals surface area contributed by atoms with Crippen LogP contribution in [0.15, 0.2) is 47.0 Å². The molecule has 8 N–H and O–H groups in total. The molecule has 0 radical (unpaired) electrons. The third-order valence-electron chi connectivity index (χ3n) is 11.5. The number of likely N-dealkylation sites (N-methyl/N-ethyl adjacent to an activating group) is 1. The number of allylic oxidation sites excluding steroid dienone is 1. The summed E-state index contributed by atoms with van der Waals surface area (Å²) < 4.78 is 6.45. The lowest BCUT2D eigenvalue weighted by molar-refractivity contribution is -0.151. The van der Waals surface area contributed by atoms with E-state index in [1.807, 2.05) is 19.2 Å². The minimum Gasteiger partial charge on any atom is -0.480 e. The van der Waals surface area contributed by atoms with Gasteiger partial charge in [-0.25, -0.2) is 4.79 Å². The Hall–Kier alpha value is -3.83. The summed E-state index contributed by atoms with van der Waals surface area (Å²) in [6.07, 6.45) is 11.4. The predicted molar refractivity (Wildman–Crippen MR) is 205 cm³/mol. The average molecular weight is 785 g/mol. The highest BCUT2D eigenvalue weighted by Gasteiger charge is 2.53. The molecule has 15 nitrogen and oxygen atoms in total. The first kappa shape index (κ1) is 42.3. The zero-order valence-corrected chi connectivity index (χ0v) is 32.6. The molecule has 3 aliphatic carbocycles. The van der Waals surface area contributed by atoms with E-state index in [1.54, 1.807) is 19.4 Å². The molecule has 1 saturated carbocycles. The summed E-state index contributed by atoms with van der Waals surface area (Å²) in [6.45, 7) is 0.735. The van der Waals surface area contributed by atoms with Crippen molar-refractivity contribution >= 4 is 41.5 Å². The number of aliphatic hydroxyl groups excluding tert-OH is 1. The number of thioether (sulfide) groups is 1. The number of hydrogen-bond acceptors (Lipinski definition) is 12. The number of carbonyl (C=O) groups excluding carboxylic acids is 3. The number of rotatable bonds is 18. The van der Waals surface area contributed by atoms with Crippen molar-refractivity contribution in [3.05, 3.63) is 52.6 Å². The fourth-order valence-corrected chi connectivity index (χ4v) is 10.5. The highest BCUT2D eigenvalue weighted by atomic mass is 32.2. The SMILES string of the molecule is CNCN[C@@H](CCC(=O)N[C@@H](CS[C@H]1C2=C3[C@H](CCCCCC14CCCC4)CC(Cc1ccncc1)=C(CNC)[C@H]3C(=O)O2)C(=O)N[C@@H](O)C(=O)O)C(=O)O. The molecule has 0 unspecified atom stereocenters. The van der Waals surface area contributed by atoms with Crippen molar-refractivity contribution in [2.75, 3.05) is 33.1 Å². The lowest BCUT2D eigenvalue weighted by atomic mass is 9.67. The van der Waals surface area contributed by atoms with Crippen molar-refractivity contribution in [3.8, 4) is 0 Å². The molecule has 2 heterocycles. The average Bonchev–Trinajstić information content (AvgIpc) is 3.77. The van der Waals surface area contributed by atoms with Crippen LogP contribution >= 0.6 is 11.8 Å². The van der Waals surface area contributed by atoms with E-state index in [0.29, 0.717) is 18.7 Å². The number of nitrogens with one attached hydrogen (secondary N) is 5. The van der Waals surface area contributed by atoms with Gasteiger partial charge in [0.2, 0.25) is 18.0 Å². The van der Waals surface area contributed by atoms with Gasteiger partial charge in [-0.3, -0.25) is 29.5 Å². The molecule has 2 amide bonds. The van der Waals surface area contributed by atoms with Crippen LogP contribution in [0.1, 0.15) is 82.6 Å². The Kier molecular flexibility index (Phi) is 15.3. The molecule has 4 aliphatic rings. The number of aliphatic hydroxyl groups is 1. The van der Waals surface area contributed by atoms with E-state index in [0.717, 1.165) is 80.9 Å². The Morgan fingerprint density at radius 1 is 0.964 bits per heavy atom.